The van der Waals surface area contributed by atoms with Crippen LogP contribution in [0, 0.1) is 5.82 Å². The fourth-order valence-corrected chi connectivity index (χ4v) is 6.66. The average Bonchev–Trinajstić information content (AvgIpc) is 3.02. The quantitative estimate of drug-likeness (QED) is 0.259. The van der Waals surface area contributed by atoms with Gasteiger partial charge in [-0.25, -0.2) is 4.39 Å². The van der Waals surface area contributed by atoms with Gasteiger partial charge in [-0.2, -0.15) is 0 Å². The van der Waals surface area contributed by atoms with Crippen LogP contribution in [0.5, 0.6) is 23.0 Å². The van der Waals surface area contributed by atoms with E-state index in [0.29, 0.717) is 29.6 Å². The van der Waals surface area contributed by atoms with Crippen LogP contribution in [0.25, 0.3) is 0 Å². The van der Waals surface area contributed by atoms with E-state index in [2.05, 4.69) is 35.8 Å². The summed E-state index contributed by atoms with van der Waals surface area (Å²) in [5.74, 6) is 1.94. The zero-order valence-corrected chi connectivity index (χ0v) is 25.5. The normalized spacial score (nSPS) is 17.8. The largest absolute Gasteiger partial charge is 0.508 e. The van der Waals surface area contributed by atoms with Crippen molar-refractivity contribution in [1.29, 1.82) is 0 Å². The number of hydrogen-bond acceptors (Lipinski definition) is 6. The first kappa shape index (κ1) is 30.0. The lowest BCUT2D eigenvalue weighted by Crippen LogP contribution is -2.33. The molecule has 226 valence electrons. The second-order valence-electron chi connectivity index (χ2n) is 11.6. The molecule has 42 heavy (non-hydrogen) atoms. The van der Waals surface area contributed by atoms with E-state index in [9.17, 15) is 5.11 Å². The zero-order valence-electron chi connectivity index (χ0n) is 25.5. The van der Waals surface area contributed by atoms with E-state index in [0.717, 1.165) is 56.7 Å². The third-order valence-corrected chi connectivity index (χ3v) is 9.06. The molecule has 0 radical (unpaired) electrons. The van der Waals surface area contributed by atoms with Gasteiger partial charge >= 0.3 is 0 Å². The number of benzene rings is 3. The van der Waals surface area contributed by atoms with Gasteiger partial charge in [-0.3, -0.25) is 4.90 Å². The fraction of sp³-hybridized carbons (Fsp3) is 0.486. The monoisotopic (exact) mass is 576 g/mol. The van der Waals surface area contributed by atoms with Crippen LogP contribution in [-0.4, -0.2) is 57.0 Å². The van der Waals surface area contributed by atoms with Gasteiger partial charge in [0.15, 0.2) is 23.1 Å². The van der Waals surface area contributed by atoms with Crippen LogP contribution >= 0.6 is 0 Å². The third-order valence-electron chi connectivity index (χ3n) is 9.06. The summed E-state index contributed by atoms with van der Waals surface area (Å²) in [7, 11) is 3.32. The van der Waals surface area contributed by atoms with Crippen molar-refractivity contribution in [3.05, 3.63) is 76.6 Å². The van der Waals surface area contributed by atoms with E-state index in [1.54, 1.807) is 32.4 Å². The summed E-state index contributed by atoms with van der Waals surface area (Å²) in [4.78, 5) is 4.71. The molecule has 1 heterocycles. The van der Waals surface area contributed by atoms with Crippen LogP contribution in [0.1, 0.15) is 73.7 Å². The number of aromatic hydroxyl groups is 1. The van der Waals surface area contributed by atoms with Gasteiger partial charge < -0.3 is 24.2 Å². The smallest absolute Gasteiger partial charge is 0.165 e. The number of fused-ring (bicyclic) bond motifs is 1. The van der Waals surface area contributed by atoms with Gasteiger partial charge in [0, 0.05) is 24.8 Å². The highest BCUT2D eigenvalue weighted by atomic mass is 19.1. The lowest BCUT2D eigenvalue weighted by atomic mass is 9.79. The van der Waals surface area contributed by atoms with Crippen molar-refractivity contribution in [1.82, 2.24) is 4.90 Å². The molecule has 2 atom stereocenters. The molecular formula is C35H45FN2O4. The summed E-state index contributed by atoms with van der Waals surface area (Å²) in [5, 5.41) is 9.97. The molecule has 1 N–H and O–H groups in total. The van der Waals surface area contributed by atoms with Crippen LogP contribution in [0.4, 0.5) is 10.1 Å². The van der Waals surface area contributed by atoms with Gasteiger partial charge in [0.2, 0.25) is 0 Å². The Balaban J connectivity index is 1.39. The molecule has 0 spiro atoms. The van der Waals surface area contributed by atoms with E-state index in [1.165, 1.54) is 36.0 Å². The van der Waals surface area contributed by atoms with Gasteiger partial charge in [0.25, 0.3) is 0 Å². The summed E-state index contributed by atoms with van der Waals surface area (Å²) in [6, 6.07) is 15.2. The molecule has 0 aromatic heterocycles. The number of aryl methyl sites for hydroxylation is 1. The van der Waals surface area contributed by atoms with Gasteiger partial charge in [0.05, 0.1) is 20.3 Å². The molecule has 1 unspecified atom stereocenters. The number of piperidine rings is 1. The average molecular weight is 577 g/mol. The molecule has 1 fully saturated rings. The molecule has 2 aliphatic rings. The number of phenolic OH excluding ortho intramolecular Hbond substituents is 1. The minimum atomic E-state index is -0.325. The first-order chi connectivity index (χ1) is 20.4. The fourth-order valence-electron chi connectivity index (χ4n) is 6.66. The van der Waals surface area contributed by atoms with Crippen LogP contribution in [0.3, 0.4) is 0 Å². The van der Waals surface area contributed by atoms with Crippen molar-refractivity contribution in [3.63, 3.8) is 0 Å². The molecule has 1 aliphatic heterocycles. The molecule has 0 saturated carbocycles. The van der Waals surface area contributed by atoms with Crippen molar-refractivity contribution < 1.29 is 23.7 Å². The number of halogens is 1. The Hall–Kier alpha value is -3.45. The van der Waals surface area contributed by atoms with Gasteiger partial charge in [-0.15, -0.1) is 0 Å². The van der Waals surface area contributed by atoms with Gasteiger partial charge in [0.1, 0.15) is 12.4 Å². The molecule has 0 bridgehead atoms. The van der Waals surface area contributed by atoms with Gasteiger partial charge in [-0.1, -0.05) is 18.6 Å². The van der Waals surface area contributed by atoms with E-state index in [4.69, 9.17) is 14.2 Å². The lowest BCUT2D eigenvalue weighted by Gasteiger charge is -2.36. The number of hydrogen-bond donors (Lipinski definition) is 1. The van der Waals surface area contributed by atoms with E-state index in [-0.39, 0.29) is 17.8 Å². The van der Waals surface area contributed by atoms with E-state index >= 15 is 4.39 Å². The number of anilines is 1. The van der Waals surface area contributed by atoms with Crippen molar-refractivity contribution >= 4 is 5.69 Å². The highest BCUT2D eigenvalue weighted by Crippen LogP contribution is 2.45. The predicted molar refractivity (Wildman–Crippen MR) is 166 cm³/mol. The third kappa shape index (κ3) is 6.62. The molecule has 5 rings (SSSR count). The topological polar surface area (TPSA) is 54.4 Å². The number of methoxy groups -OCH3 is 2. The predicted octanol–water partition coefficient (Wildman–Crippen LogP) is 7.27. The molecule has 3 aromatic carbocycles. The molecule has 0 amide bonds. The molecule has 6 nitrogen and oxygen atoms in total. The molecular weight excluding hydrogens is 531 g/mol. The van der Waals surface area contributed by atoms with Crippen molar-refractivity contribution in [2.24, 2.45) is 0 Å². The maximum absolute atomic E-state index is 15.3. The maximum Gasteiger partial charge on any atom is 0.165 e. The molecule has 3 aromatic rings. The maximum atomic E-state index is 15.3. The van der Waals surface area contributed by atoms with Crippen LogP contribution in [0.15, 0.2) is 48.5 Å². The van der Waals surface area contributed by atoms with E-state index < -0.39 is 0 Å². The lowest BCUT2D eigenvalue weighted by molar-refractivity contribution is 0.180. The summed E-state index contributed by atoms with van der Waals surface area (Å²) < 4.78 is 32.6. The van der Waals surface area contributed by atoms with Crippen molar-refractivity contribution in [2.45, 2.75) is 64.3 Å². The molecule has 1 saturated heterocycles. The summed E-state index contributed by atoms with van der Waals surface area (Å²) in [6.07, 6.45) is 6.50. The summed E-state index contributed by atoms with van der Waals surface area (Å²) >= 11 is 0. The standard InChI is InChI=1S/C35H45FN2O4/c1-5-38(24(2)25-12-14-33(31(36)21-25)42-18-17-37-15-7-6-8-16-37)32-23-35(41-4)34(40-3)22-30(32)28-10-9-27-20-29(39)13-11-26(27)19-28/h11-14,20-24,28,39H,5-10,15-19H2,1-4H3/t24?,28-/m1/s1. The summed E-state index contributed by atoms with van der Waals surface area (Å²) in [5.41, 5.74) is 5.62. The van der Waals surface area contributed by atoms with Crippen molar-refractivity contribution in [2.75, 3.05) is 51.9 Å². The number of nitrogens with zero attached hydrogens (tertiary/aromatic N) is 2. The number of rotatable bonds is 11. The molecule has 1 aliphatic carbocycles. The van der Waals surface area contributed by atoms with Crippen LogP contribution in [0.2, 0.25) is 0 Å². The van der Waals surface area contributed by atoms with Crippen LogP contribution < -0.4 is 19.1 Å². The van der Waals surface area contributed by atoms with Gasteiger partial charge in [-0.05, 0) is 118 Å². The SMILES string of the molecule is CCN(c1cc(OC)c(OC)cc1[C@@H]1CCc2cc(O)ccc2C1)C(C)c1ccc(OCCN2CCCCC2)c(F)c1. The van der Waals surface area contributed by atoms with E-state index in [1.807, 2.05) is 18.2 Å². The highest BCUT2D eigenvalue weighted by molar-refractivity contribution is 5.65. The highest BCUT2D eigenvalue weighted by Gasteiger charge is 2.28. The second-order valence-corrected chi connectivity index (χ2v) is 11.6. The Morgan fingerprint density at radius 2 is 1.71 bits per heavy atom. The number of phenols is 1. The van der Waals surface area contributed by atoms with Crippen LogP contribution in [-0.2, 0) is 12.8 Å². The molecule has 7 heteroatoms. The second kappa shape index (κ2) is 13.7. The minimum Gasteiger partial charge on any atom is -0.508 e. The first-order valence-electron chi connectivity index (χ1n) is 15.4. The first-order valence-corrected chi connectivity index (χ1v) is 15.4. The Morgan fingerprint density at radius 1 is 0.952 bits per heavy atom. The zero-order chi connectivity index (χ0) is 29.6. The number of ether oxygens (including phenoxy) is 3. The van der Waals surface area contributed by atoms with Crippen molar-refractivity contribution in [3.8, 4) is 23.0 Å². The minimum absolute atomic E-state index is 0.0865. The Morgan fingerprint density at radius 3 is 2.43 bits per heavy atom. The Bertz CT molecular complexity index is 1360. The Kier molecular flexibility index (Phi) is 9.78. The summed E-state index contributed by atoms with van der Waals surface area (Å²) in [6.45, 7) is 8.51. The Labute approximate surface area is 250 Å². The number of likely N-dealkylation sites (tertiary alicyclic amines) is 1.